The van der Waals surface area contributed by atoms with E-state index in [2.05, 4.69) is 24.9 Å². The average Bonchev–Trinajstić information content (AvgIpc) is 3.83. The summed E-state index contributed by atoms with van der Waals surface area (Å²) in [6.07, 6.45) is 9.12. The molecule has 2 aliphatic heterocycles. The van der Waals surface area contributed by atoms with Crippen molar-refractivity contribution >= 4 is 29.0 Å². The van der Waals surface area contributed by atoms with Crippen molar-refractivity contribution in [2.75, 3.05) is 44.6 Å². The largest absolute Gasteiger partial charge is 0.435 e. The summed E-state index contributed by atoms with van der Waals surface area (Å²) >= 11 is 0. The first-order valence-corrected chi connectivity index (χ1v) is 15.9. The first-order valence-electron chi connectivity index (χ1n) is 15.9. The number of nitrogens with one attached hydrogen (secondary N) is 1. The molecule has 1 N–H and O–H groups in total. The van der Waals surface area contributed by atoms with Gasteiger partial charge in [-0.2, -0.15) is 8.78 Å². The lowest BCUT2D eigenvalue weighted by atomic mass is 9.94. The maximum absolute atomic E-state index is 13.5. The van der Waals surface area contributed by atoms with E-state index in [1.165, 1.54) is 25.0 Å². The molecule has 4 heterocycles. The molecule has 0 bridgehead atoms. The van der Waals surface area contributed by atoms with E-state index in [9.17, 15) is 18.4 Å². The van der Waals surface area contributed by atoms with Gasteiger partial charge in [-0.15, -0.1) is 0 Å². The summed E-state index contributed by atoms with van der Waals surface area (Å²) in [5.41, 5.74) is 4.38. The lowest BCUT2D eigenvalue weighted by Crippen LogP contribution is -2.52. The van der Waals surface area contributed by atoms with Crippen LogP contribution >= 0.6 is 0 Å². The van der Waals surface area contributed by atoms with Crippen LogP contribution in [0.2, 0.25) is 0 Å². The summed E-state index contributed by atoms with van der Waals surface area (Å²) in [4.78, 5) is 42.1. The minimum Gasteiger partial charge on any atom is -0.435 e. The van der Waals surface area contributed by atoms with E-state index in [0.29, 0.717) is 43.0 Å². The molecule has 240 valence electrons. The van der Waals surface area contributed by atoms with E-state index in [0.717, 1.165) is 54.7 Å². The molecule has 3 fully saturated rings. The number of hydrogen-bond donors (Lipinski definition) is 1. The zero-order valence-corrected chi connectivity index (χ0v) is 25.7. The van der Waals surface area contributed by atoms with Gasteiger partial charge in [-0.1, -0.05) is 0 Å². The minimum absolute atomic E-state index is 0.0125. The van der Waals surface area contributed by atoms with Crippen molar-refractivity contribution in [1.29, 1.82) is 0 Å². The number of alkyl halides is 2. The normalized spacial score (nSPS) is 17.9. The van der Waals surface area contributed by atoms with E-state index >= 15 is 0 Å². The third-order valence-corrected chi connectivity index (χ3v) is 9.34. The number of hydrogen-bond acceptors (Lipinski definition) is 7. The molecular formula is C34H37F2N7O3. The number of amides is 2. The molecule has 1 saturated carbocycles. The van der Waals surface area contributed by atoms with Crippen LogP contribution < -0.4 is 10.1 Å². The summed E-state index contributed by atoms with van der Waals surface area (Å²) in [6, 6.07) is 12.7. The zero-order valence-electron chi connectivity index (χ0n) is 25.7. The van der Waals surface area contributed by atoms with Crippen LogP contribution in [0, 0.1) is 12.8 Å². The number of likely N-dealkylation sites (tertiary alicyclic amines) is 1. The number of piperazine rings is 1. The van der Waals surface area contributed by atoms with Gasteiger partial charge in [0, 0.05) is 80.4 Å². The fourth-order valence-corrected chi connectivity index (χ4v) is 6.65. The Bertz CT molecular complexity index is 1720. The van der Waals surface area contributed by atoms with Gasteiger partial charge in [0.15, 0.2) is 11.5 Å². The maximum Gasteiger partial charge on any atom is 0.387 e. The molecule has 2 saturated heterocycles. The fourth-order valence-electron chi connectivity index (χ4n) is 6.65. The van der Waals surface area contributed by atoms with Crippen molar-refractivity contribution in [2.24, 2.45) is 5.92 Å². The standard InChI is InChI=1S/C34H37F2N7O3/c1-22-20-25(39-30-31-38-21-29(43(31)15-12-37-30)23-2-7-27(8-3-23)46-34(35)36)4-9-28(22)33(45)41-13-10-24(11-14-41)32(44)42-18-16-40(17-19-42)26-5-6-26/h2-4,7-9,12,15,20-21,24,26,34H,5-6,10-11,13-14,16-19H2,1H3,(H,37,39). The number of anilines is 2. The van der Waals surface area contributed by atoms with Crippen LogP contribution in [0.1, 0.15) is 41.6 Å². The van der Waals surface area contributed by atoms with Gasteiger partial charge in [-0.25, -0.2) is 9.97 Å². The summed E-state index contributed by atoms with van der Waals surface area (Å²) in [6.45, 7) is 3.77. The number of ether oxygens (including phenoxy) is 1. The third-order valence-electron chi connectivity index (χ3n) is 9.34. The zero-order chi connectivity index (χ0) is 31.8. The van der Waals surface area contributed by atoms with Gasteiger partial charge in [0.05, 0.1) is 11.9 Å². The van der Waals surface area contributed by atoms with E-state index in [4.69, 9.17) is 0 Å². The number of benzene rings is 2. The number of piperidine rings is 1. The molecule has 2 aromatic carbocycles. The van der Waals surface area contributed by atoms with Crippen molar-refractivity contribution in [2.45, 2.75) is 45.3 Å². The van der Waals surface area contributed by atoms with E-state index in [1.807, 2.05) is 39.3 Å². The quantitative estimate of drug-likeness (QED) is 0.286. The van der Waals surface area contributed by atoms with Gasteiger partial charge in [0.2, 0.25) is 5.91 Å². The molecule has 1 aliphatic carbocycles. The topological polar surface area (TPSA) is 95.3 Å². The molecule has 0 radical (unpaired) electrons. The predicted octanol–water partition coefficient (Wildman–Crippen LogP) is 5.21. The van der Waals surface area contributed by atoms with Gasteiger partial charge >= 0.3 is 6.61 Å². The second-order valence-corrected chi connectivity index (χ2v) is 12.3. The van der Waals surface area contributed by atoms with Crippen LogP contribution in [0.25, 0.3) is 16.9 Å². The Morgan fingerprint density at radius 1 is 0.913 bits per heavy atom. The number of aryl methyl sites for hydroxylation is 1. The third kappa shape index (κ3) is 6.26. The molecule has 2 amide bonds. The number of aromatic nitrogens is 3. The van der Waals surface area contributed by atoms with E-state index < -0.39 is 6.61 Å². The second-order valence-electron chi connectivity index (χ2n) is 12.3. The number of fused-ring (bicyclic) bond motifs is 1. The molecule has 7 rings (SSSR count). The van der Waals surface area contributed by atoms with Crippen LogP contribution in [0.15, 0.2) is 61.1 Å². The summed E-state index contributed by atoms with van der Waals surface area (Å²) in [5, 5.41) is 3.32. The number of rotatable bonds is 8. The van der Waals surface area contributed by atoms with E-state index in [-0.39, 0.29) is 23.5 Å². The van der Waals surface area contributed by atoms with Crippen molar-refractivity contribution in [3.8, 4) is 17.0 Å². The second kappa shape index (κ2) is 12.7. The van der Waals surface area contributed by atoms with Gasteiger partial charge in [0.25, 0.3) is 5.91 Å². The van der Waals surface area contributed by atoms with Gasteiger partial charge < -0.3 is 19.9 Å². The van der Waals surface area contributed by atoms with Crippen molar-refractivity contribution in [1.82, 2.24) is 29.1 Å². The molecule has 10 nitrogen and oxygen atoms in total. The molecule has 0 unspecified atom stereocenters. The van der Waals surface area contributed by atoms with Crippen LogP contribution in [-0.2, 0) is 4.79 Å². The number of carbonyl (C=O) groups is 2. The predicted molar refractivity (Wildman–Crippen MR) is 169 cm³/mol. The van der Waals surface area contributed by atoms with Gasteiger partial charge in [0.1, 0.15) is 5.75 Å². The Morgan fingerprint density at radius 3 is 2.33 bits per heavy atom. The van der Waals surface area contributed by atoms with Crippen LogP contribution in [-0.4, -0.2) is 92.8 Å². The summed E-state index contributed by atoms with van der Waals surface area (Å²) in [7, 11) is 0. The Labute approximate surface area is 266 Å². The SMILES string of the molecule is Cc1cc(Nc2nccn3c(-c4ccc(OC(F)F)cc4)cnc23)ccc1C(=O)N1CCC(C(=O)N2CCN(C3CC3)CC2)CC1. The van der Waals surface area contributed by atoms with Gasteiger partial charge in [-0.05, 0) is 80.6 Å². The highest BCUT2D eigenvalue weighted by atomic mass is 19.3. The monoisotopic (exact) mass is 629 g/mol. The highest BCUT2D eigenvalue weighted by Gasteiger charge is 2.35. The highest BCUT2D eigenvalue weighted by molar-refractivity contribution is 5.96. The van der Waals surface area contributed by atoms with Crippen LogP contribution in [0.3, 0.4) is 0 Å². The Balaban J connectivity index is 0.975. The molecule has 12 heteroatoms. The van der Waals surface area contributed by atoms with Crippen LogP contribution in [0.5, 0.6) is 5.75 Å². The lowest BCUT2D eigenvalue weighted by molar-refractivity contribution is -0.138. The Hall–Kier alpha value is -4.58. The Kier molecular flexibility index (Phi) is 8.29. The van der Waals surface area contributed by atoms with E-state index in [1.54, 1.807) is 30.7 Å². The molecular weight excluding hydrogens is 592 g/mol. The molecule has 3 aliphatic rings. The van der Waals surface area contributed by atoms with Crippen molar-refractivity contribution in [3.05, 3.63) is 72.2 Å². The number of nitrogens with zero attached hydrogens (tertiary/aromatic N) is 6. The Morgan fingerprint density at radius 2 is 1.65 bits per heavy atom. The minimum atomic E-state index is -2.88. The number of carbonyl (C=O) groups excluding carboxylic acids is 2. The highest BCUT2D eigenvalue weighted by Crippen LogP contribution is 2.30. The first kappa shape index (κ1) is 30.1. The molecule has 4 aromatic rings. The molecule has 0 atom stereocenters. The lowest BCUT2D eigenvalue weighted by Gasteiger charge is -2.38. The van der Waals surface area contributed by atoms with Crippen molar-refractivity contribution in [3.63, 3.8) is 0 Å². The summed E-state index contributed by atoms with van der Waals surface area (Å²) in [5.74, 6) is 0.837. The van der Waals surface area contributed by atoms with Gasteiger partial charge in [-0.3, -0.25) is 18.9 Å². The average molecular weight is 630 g/mol. The van der Waals surface area contributed by atoms with Crippen molar-refractivity contribution < 1.29 is 23.1 Å². The maximum atomic E-state index is 13.5. The number of imidazole rings is 1. The molecule has 0 spiro atoms. The molecule has 2 aromatic heterocycles. The smallest absolute Gasteiger partial charge is 0.387 e. The molecule has 46 heavy (non-hydrogen) atoms. The van der Waals surface area contributed by atoms with Crippen LogP contribution in [0.4, 0.5) is 20.3 Å². The first-order chi connectivity index (χ1) is 22.3. The fraction of sp³-hybridized carbons (Fsp3) is 0.412. The number of halogens is 2. The summed E-state index contributed by atoms with van der Waals surface area (Å²) < 4.78 is 31.4.